The maximum absolute atomic E-state index is 13.3. The number of piperazine rings is 1. The van der Waals surface area contributed by atoms with E-state index in [-0.39, 0.29) is 30.1 Å². The number of methoxy groups -OCH3 is 1. The molecule has 5 rings (SSSR count). The summed E-state index contributed by atoms with van der Waals surface area (Å²) in [5.74, 6) is 1.72. The molecule has 2 unspecified atom stereocenters. The summed E-state index contributed by atoms with van der Waals surface area (Å²) in [5.41, 5.74) is 2.16. The highest BCUT2D eigenvalue weighted by Crippen LogP contribution is 2.32. The fraction of sp³-hybridized carbons (Fsp3) is 0.367. The average Bonchev–Trinajstić information content (AvgIpc) is 3.38. The lowest BCUT2D eigenvalue weighted by Gasteiger charge is -2.45. The fourth-order valence-electron chi connectivity index (χ4n) is 5.16. The summed E-state index contributed by atoms with van der Waals surface area (Å²) in [6.45, 7) is 8.75. The lowest BCUT2D eigenvalue weighted by atomic mass is 10.0. The number of hydrogen-bond donors (Lipinski definition) is 1. The van der Waals surface area contributed by atoms with Crippen molar-refractivity contribution in [1.82, 2.24) is 24.5 Å². The average molecular weight is 574 g/mol. The van der Waals surface area contributed by atoms with Crippen LogP contribution in [-0.2, 0) is 0 Å². The smallest absolute Gasteiger partial charge is 0.256 e. The zero-order valence-corrected chi connectivity index (χ0v) is 24.3. The van der Waals surface area contributed by atoms with Crippen LogP contribution in [0.1, 0.15) is 43.6 Å². The summed E-state index contributed by atoms with van der Waals surface area (Å²) in [6, 6.07) is 11.3. The van der Waals surface area contributed by atoms with Gasteiger partial charge in [-0.25, -0.2) is 14.5 Å². The van der Waals surface area contributed by atoms with Crippen molar-refractivity contribution in [3.63, 3.8) is 0 Å². The first kappa shape index (κ1) is 30.2. The first-order valence-corrected chi connectivity index (χ1v) is 13.4. The summed E-state index contributed by atoms with van der Waals surface area (Å²) in [7, 11) is 1.54. The Bertz CT molecular complexity index is 1580. The van der Waals surface area contributed by atoms with Gasteiger partial charge in [0, 0.05) is 54.8 Å². The van der Waals surface area contributed by atoms with E-state index in [4.69, 9.17) is 14.5 Å². The second kappa shape index (κ2) is 12.0. The van der Waals surface area contributed by atoms with Crippen molar-refractivity contribution >= 4 is 17.2 Å². The predicted octanol–water partition coefficient (Wildman–Crippen LogP) is 2.74. The van der Waals surface area contributed by atoms with Crippen LogP contribution >= 0.6 is 0 Å². The highest BCUT2D eigenvalue weighted by atomic mass is 16.5. The van der Waals surface area contributed by atoms with Gasteiger partial charge in [0.25, 0.3) is 5.91 Å². The Hall–Kier alpha value is -4.73. The molecule has 220 valence electrons. The van der Waals surface area contributed by atoms with Crippen molar-refractivity contribution in [3.05, 3.63) is 66.2 Å². The number of amides is 1. The number of ether oxygens (including phenoxy) is 2. The van der Waals surface area contributed by atoms with E-state index in [2.05, 4.69) is 21.1 Å². The van der Waals surface area contributed by atoms with E-state index in [1.807, 2.05) is 36.9 Å². The van der Waals surface area contributed by atoms with E-state index >= 15 is 0 Å². The zero-order valence-electron chi connectivity index (χ0n) is 24.3. The number of aliphatic hydroxyl groups is 1. The lowest BCUT2D eigenvalue weighted by Crippen LogP contribution is -2.59. The van der Waals surface area contributed by atoms with Gasteiger partial charge in [0.2, 0.25) is 5.88 Å². The van der Waals surface area contributed by atoms with Crippen LogP contribution in [0.15, 0.2) is 55.1 Å². The molecule has 2 atom stereocenters. The molecule has 5 heterocycles. The number of pyridine rings is 3. The molecule has 1 fully saturated rings. The molecule has 4 aromatic heterocycles. The van der Waals surface area contributed by atoms with E-state index in [0.717, 1.165) is 16.9 Å². The van der Waals surface area contributed by atoms with Crippen LogP contribution in [0.25, 0.3) is 16.6 Å². The van der Waals surface area contributed by atoms with Crippen LogP contribution in [0.2, 0.25) is 0 Å². The largest absolute Gasteiger partial charge is 0.489 e. The van der Waals surface area contributed by atoms with E-state index < -0.39 is 5.60 Å². The van der Waals surface area contributed by atoms with E-state index in [1.54, 1.807) is 56.2 Å². The number of aromatic nitrogens is 4. The standard InChI is InChI=1S/C30H33N7O4.H2O/c1-19-15-35(16-20(2)37(19)29(38)22-7-9-27(40-5)33-13-22)26-8-6-21(12-32-26)25-10-24(41-18-30(3,4)39)17-36-28(25)23(11-31)14-34-36;/h6-10,12-14,17,19-20,39H,15-16,18H2,1-5H3;1H2. The minimum absolute atomic E-state index is 0. The van der Waals surface area contributed by atoms with Gasteiger partial charge in [0.05, 0.1) is 41.7 Å². The first-order valence-electron chi connectivity index (χ1n) is 13.4. The third-order valence-corrected chi connectivity index (χ3v) is 7.03. The first-order chi connectivity index (χ1) is 19.6. The fourth-order valence-corrected chi connectivity index (χ4v) is 5.16. The second-order valence-corrected chi connectivity index (χ2v) is 11.0. The molecular formula is C30H35N7O5. The van der Waals surface area contributed by atoms with Gasteiger partial charge in [-0.1, -0.05) is 0 Å². The van der Waals surface area contributed by atoms with Crippen molar-refractivity contribution in [1.29, 1.82) is 5.26 Å². The zero-order chi connectivity index (χ0) is 29.3. The highest BCUT2D eigenvalue weighted by Gasteiger charge is 2.34. The maximum atomic E-state index is 13.3. The van der Waals surface area contributed by atoms with Gasteiger partial charge < -0.3 is 29.9 Å². The molecule has 1 aliphatic rings. The second-order valence-electron chi connectivity index (χ2n) is 11.0. The van der Waals surface area contributed by atoms with Crippen LogP contribution in [0.4, 0.5) is 5.82 Å². The van der Waals surface area contributed by atoms with Gasteiger partial charge in [-0.15, -0.1) is 0 Å². The van der Waals surface area contributed by atoms with E-state index in [9.17, 15) is 15.2 Å². The molecule has 1 amide bonds. The number of nitrogens with zero attached hydrogens (tertiary/aromatic N) is 7. The number of nitriles is 1. The Morgan fingerprint density at radius 3 is 2.43 bits per heavy atom. The Balaban J connectivity index is 0.00000405. The van der Waals surface area contributed by atoms with Crippen LogP contribution in [0, 0.1) is 11.3 Å². The van der Waals surface area contributed by atoms with E-state index in [0.29, 0.717) is 41.4 Å². The summed E-state index contributed by atoms with van der Waals surface area (Å²) in [4.78, 5) is 26.3. The van der Waals surface area contributed by atoms with Crippen LogP contribution in [0.3, 0.4) is 0 Å². The van der Waals surface area contributed by atoms with Crippen molar-refractivity contribution in [2.75, 3.05) is 31.7 Å². The number of anilines is 1. The van der Waals surface area contributed by atoms with Crippen molar-refractivity contribution in [3.8, 4) is 28.8 Å². The third-order valence-electron chi connectivity index (χ3n) is 7.03. The van der Waals surface area contributed by atoms with Gasteiger partial charge in [-0.2, -0.15) is 10.4 Å². The van der Waals surface area contributed by atoms with Crippen LogP contribution in [0.5, 0.6) is 11.6 Å². The minimum Gasteiger partial charge on any atom is -0.489 e. The number of hydrogen-bond acceptors (Lipinski definition) is 9. The molecule has 0 aromatic carbocycles. The number of rotatable bonds is 7. The van der Waals surface area contributed by atoms with Gasteiger partial charge in [-0.05, 0) is 52.0 Å². The quantitative estimate of drug-likeness (QED) is 0.350. The number of carbonyl (C=O) groups is 1. The van der Waals surface area contributed by atoms with Gasteiger partial charge in [0.1, 0.15) is 24.2 Å². The molecule has 12 heteroatoms. The van der Waals surface area contributed by atoms with E-state index in [1.165, 1.54) is 6.20 Å². The molecule has 3 N–H and O–H groups in total. The Kier molecular flexibility index (Phi) is 8.65. The summed E-state index contributed by atoms with van der Waals surface area (Å²) < 4.78 is 12.6. The molecule has 0 saturated carbocycles. The van der Waals surface area contributed by atoms with Crippen LogP contribution < -0.4 is 14.4 Å². The Morgan fingerprint density at radius 2 is 1.86 bits per heavy atom. The predicted molar refractivity (Wildman–Crippen MR) is 157 cm³/mol. The normalized spacial score (nSPS) is 17.0. The minimum atomic E-state index is -1.01. The molecule has 12 nitrogen and oxygen atoms in total. The van der Waals surface area contributed by atoms with Crippen LogP contribution in [-0.4, -0.2) is 85.5 Å². The van der Waals surface area contributed by atoms with Crippen molar-refractivity contribution in [2.24, 2.45) is 0 Å². The Morgan fingerprint density at radius 1 is 1.12 bits per heavy atom. The molecule has 0 spiro atoms. The van der Waals surface area contributed by atoms with Gasteiger partial charge in [0.15, 0.2) is 0 Å². The van der Waals surface area contributed by atoms with Gasteiger partial charge >= 0.3 is 0 Å². The summed E-state index contributed by atoms with van der Waals surface area (Å²) >= 11 is 0. The summed E-state index contributed by atoms with van der Waals surface area (Å²) in [5, 5.41) is 24.1. The monoisotopic (exact) mass is 573 g/mol. The topological polar surface area (TPSA) is 161 Å². The lowest BCUT2D eigenvalue weighted by molar-refractivity contribution is 0.0283. The number of carbonyl (C=O) groups excluding carboxylic acids is 1. The molecule has 1 saturated heterocycles. The molecule has 0 bridgehead atoms. The highest BCUT2D eigenvalue weighted by molar-refractivity contribution is 5.94. The molecule has 1 aliphatic heterocycles. The summed E-state index contributed by atoms with van der Waals surface area (Å²) in [6.07, 6.45) is 6.53. The molecule has 0 aliphatic carbocycles. The third kappa shape index (κ3) is 6.12. The molecule has 42 heavy (non-hydrogen) atoms. The Labute approximate surface area is 244 Å². The van der Waals surface area contributed by atoms with Crippen molar-refractivity contribution in [2.45, 2.75) is 45.4 Å². The SMILES string of the molecule is COc1ccc(C(=O)N2C(C)CN(c3ccc(-c4cc(OCC(C)(C)O)cn5ncc(C#N)c45)cn3)CC2C)cn1.O. The van der Waals surface area contributed by atoms with Crippen molar-refractivity contribution < 1.29 is 24.9 Å². The number of fused-ring (bicyclic) bond motifs is 1. The molecule has 0 radical (unpaired) electrons. The molecular weight excluding hydrogens is 538 g/mol. The maximum Gasteiger partial charge on any atom is 0.256 e. The van der Waals surface area contributed by atoms with Gasteiger partial charge in [-0.3, -0.25) is 4.79 Å². The molecule has 4 aromatic rings.